The maximum absolute atomic E-state index is 5.41. The molecule has 0 aliphatic carbocycles. The lowest BCUT2D eigenvalue weighted by Crippen LogP contribution is -2.49. The monoisotopic (exact) mass is 242 g/mol. The Morgan fingerprint density at radius 2 is 2.06 bits per heavy atom. The van der Waals surface area contributed by atoms with Crippen molar-refractivity contribution in [2.75, 3.05) is 13.2 Å². The average molecular weight is 242 g/mol. The van der Waals surface area contributed by atoms with Crippen molar-refractivity contribution in [1.82, 2.24) is 5.32 Å². The number of thioether (sulfide) groups is 1. The van der Waals surface area contributed by atoms with E-state index in [0.29, 0.717) is 11.3 Å². The van der Waals surface area contributed by atoms with Crippen LogP contribution in [0.25, 0.3) is 0 Å². The van der Waals surface area contributed by atoms with E-state index in [1.807, 2.05) is 11.8 Å². The summed E-state index contributed by atoms with van der Waals surface area (Å²) in [7, 11) is 0. The van der Waals surface area contributed by atoms with Gasteiger partial charge in [0.1, 0.15) is 0 Å². The maximum Gasteiger partial charge on any atom is 0.157 e. The summed E-state index contributed by atoms with van der Waals surface area (Å²) in [6, 6.07) is 0.460. The predicted molar refractivity (Wildman–Crippen MR) is 70.2 cm³/mol. The highest BCUT2D eigenvalue weighted by molar-refractivity contribution is 8.14. The summed E-state index contributed by atoms with van der Waals surface area (Å²) in [4.78, 5) is 4.70. The van der Waals surface area contributed by atoms with Crippen molar-refractivity contribution in [3.05, 3.63) is 0 Å². The Morgan fingerprint density at radius 1 is 1.38 bits per heavy atom. The summed E-state index contributed by atoms with van der Waals surface area (Å²) in [5, 5.41) is 5.44. The molecule has 2 rings (SSSR count). The van der Waals surface area contributed by atoms with Gasteiger partial charge in [-0.05, 0) is 33.1 Å². The molecule has 3 nitrogen and oxygen atoms in total. The second kappa shape index (κ2) is 4.96. The van der Waals surface area contributed by atoms with Crippen LogP contribution in [0.2, 0.25) is 0 Å². The van der Waals surface area contributed by atoms with Gasteiger partial charge in [0.05, 0.1) is 6.04 Å². The molecular weight excluding hydrogens is 220 g/mol. The minimum Gasteiger partial charge on any atom is -0.381 e. The lowest BCUT2D eigenvalue weighted by atomic mass is 9.93. The number of ether oxygens (including phenoxy) is 1. The molecule has 2 unspecified atom stereocenters. The van der Waals surface area contributed by atoms with Gasteiger partial charge in [-0.2, -0.15) is 0 Å². The zero-order chi connectivity index (χ0) is 11.6. The summed E-state index contributed by atoms with van der Waals surface area (Å²) in [6.07, 6.45) is 3.35. The van der Waals surface area contributed by atoms with Gasteiger partial charge in [0, 0.05) is 24.0 Å². The fraction of sp³-hybridized carbons (Fsp3) is 0.917. The Balaban J connectivity index is 1.97. The van der Waals surface area contributed by atoms with Crippen LogP contribution in [0.15, 0.2) is 4.99 Å². The molecule has 0 amide bonds. The van der Waals surface area contributed by atoms with Gasteiger partial charge in [0.25, 0.3) is 0 Å². The van der Waals surface area contributed by atoms with Crippen molar-refractivity contribution in [1.29, 1.82) is 0 Å². The molecule has 0 radical (unpaired) electrons. The second-order valence-corrected chi connectivity index (χ2v) is 6.67. The topological polar surface area (TPSA) is 33.6 Å². The fourth-order valence-electron chi connectivity index (χ4n) is 2.27. The smallest absolute Gasteiger partial charge is 0.157 e. The quantitative estimate of drug-likeness (QED) is 0.766. The third-order valence-corrected chi connectivity index (χ3v) is 4.35. The zero-order valence-corrected chi connectivity index (χ0v) is 11.3. The normalized spacial score (nSPS) is 34.3. The van der Waals surface area contributed by atoms with E-state index in [1.165, 1.54) is 6.42 Å². The highest BCUT2D eigenvalue weighted by atomic mass is 32.2. The number of rotatable bonds is 1. The van der Waals surface area contributed by atoms with E-state index in [9.17, 15) is 0 Å². The first-order valence-corrected chi connectivity index (χ1v) is 7.06. The van der Waals surface area contributed by atoms with Gasteiger partial charge in [0.2, 0.25) is 0 Å². The molecule has 0 aromatic rings. The Morgan fingerprint density at radius 3 is 2.69 bits per heavy atom. The molecule has 2 atom stereocenters. The third-order valence-electron chi connectivity index (χ3n) is 3.33. The van der Waals surface area contributed by atoms with Crippen molar-refractivity contribution < 1.29 is 4.74 Å². The van der Waals surface area contributed by atoms with Gasteiger partial charge < -0.3 is 10.1 Å². The van der Waals surface area contributed by atoms with Crippen molar-refractivity contribution >= 4 is 16.9 Å². The molecule has 4 heteroatoms. The number of nitrogens with zero attached hydrogens (tertiary/aromatic N) is 1. The van der Waals surface area contributed by atoms with Gasteiger partial charge in [-0.1, -0.05) is 18.7 Å². The molecule has 0 aromatic heterocycles. The van der Waals surface area contributed by atoms with Gasteiger partial charge in [-0.15, -0.1) is 0 Å². The first kappa shape index (κ1) is 12.2. The summed E-state index contributed by atoms with van der Waals surface area (Å²) >= 11 is 1.88. The summed E-state index contributed by atoms with van der Waals surface area (Å²) in [5.41, 5.74) is 0.181. The lowest BCUT2D eigenvalue weighted by molar-refractivity contribution is 0.0527. The minimum atomic E-state index is 0.181. The fourth-order valence-corrected chi connectivity index (χ4v) is 3.57. The van der Waals surface area contributed by atoms with E-state index in [-0.39, 0.29) is 5.54 Å². The van der Waals surface area contributed by atoms with E-state index < -0.39 is 0 Å². The van der Waals surface area contributed by atoms with Crippen LogP contribution in [0.1, 0.15) is 40.0 Å². The van der Waals surface area contributed by atoms with Crippen molar-refractivity contribution in [2.24, 2.45) is 4.99 Å². The Bertz CT molecular complexity index is 274. The van der Waals surface area contributed by atoms with Crippen LogP contribution in [-0.4, -0.2) is 35.2 Å². The number of nitrogens with one attached hydrogen (secondary N) is 1. The molecule has 2 heterocycles. The van der Waals surface area contributed by atoms with Crippen LogP contribution in [0.5, 0.6) is 0 Å². The average Bonchev–Trinajstić information content (AvgIpc) is 2.15. The maximum atomic E-state index is 5.41. The van der Waals surface area contributed by atoms with Gasteiger partial charge in [-0.3, -0.25) is 4.99 Å². The van der Waals surface area contributed by atoms with Crippen LogP contribution in [0, 0.1) is 0 Å². The van der Waals surface area contributed by atoms with Gasteiger partial charge >= 0.3 is 0 Å². The molecule has 2 aliphatic rings. The SMILES string of the molecule is CC1CC(C)SC(NC2(C)CCOCC2)=N1. The number of amidine groups is 1. The largest absolute Gasteiger partial charge is 0.381 e. The summed E-state index contributed by atoms with van der Waals surface area (Å²) in [5.74, 6) is 0. The van der Waals surface area contributed by atoms with E-state index >= 15 is 0 Å². The molecule has 1 fully saturated rings. The van der Waals surface area contributed by atoms with Crippen LogP contribution < -0.4 is 5.32 Å². The van der Waals surface area contributed by atoms with E-state index in [4.69, 9.17) is 9.73 Å². The zero-order valence-electron chi connectivity index (χ0n) is 10.5. The lowest BCUT2D eigenvalue weighted by Gasteiger charge is -2.37. The van der Waals surface area contributed by atoms with E-state index in [1.54, 1.807) is 0 Å². The first-order valence-electron chi connectivity index (χ1n) is 6.18. The predicted octanol–water partition coefficient (Wildman–Crippen LogP) is 2.42. The number of hydrogen-bond acceptors (Lipinski definition) is 4. The standard InChI is InChI=1S/C12H22N2OS/c1-9-8-10(2)16-11(13-9)14-12(3)4-6-15-7-5-12/h9-10H,4-8H2,1-3H3,(H,13,14). The highest BCUT2D eigenvalue weighted by Gasteiger charge is 2.30. The van der Waals surface area contributed by atoms with Crippen molar-refractivity contribution in [3.8, 4) is 0 Å². The Hall–Kier alpha value is -0.220. The molecule has 0 saturated carbocycles. The molecule has 0 bridgehead atoms. The summed E-state index contributed by atoms with van der Waals surface area (Å²) < 4.78 is 5.41. The molecule has 0 aromatic carbocycles. The van der Waals surface area contributed by atoms with Crippen LogP contribution >= 0.6 is 11.8 Å². The molecule has 92 valence electrons. The molecule has 1 N–H and O–H groups in total. The summed E-state index contributed by atoms with van der Waals surface area (Å²) in [6.45, 7) is 8.50. The number of hydrogen-bond donors (Lipinski definition) is 1. The molecule has 2 aliphatic heterocycles. The van der Waals surface area contributed by atoms with Gasteiger partial charge in [0.15, 0.2) is 5.17 Å². The molecular formula is C12H22N2OS. The van der Waals surface area contributed by atoms with Crippen LogP contribution in [0.3, 0.4) is 0 Å². The van der Waals surface area contributed by atoms with Gasteiger partial charge in [-0.25, -0.2) is 0 Å². The molecule has 16 heavy (non-hydrogen) atoms. The Labute approximate surface area is 102 Å². The second-order valence-electron chi connectivity index (χ2n) is 5.25. The Kier molecular flexibility index (Phi) is 3.80. The van der Waals surface area contributed by atoms with Crippen LogP contribution in [0.4, 0.5) is 0 Å². The van der Waals surface area contributed by atoms with E-state index in [2.05, 4.69) is 26.1 Å². The van der Waals surface area contributed by atoms with Crippen molar-refractivity contribution in [3.63, 3.8) is 0 Å². The molecule has 1 saturated heterocycles. The first-order chi connectivity index (χ1) is 7.57. The van der Waals surface area contributed by atoms with Crippen molar-refractivity contribution in [2.45, 2.75) is 56.9 Å². The van der Waals surface area contributed by atoms with E-state index in [0.717, 1.165) is 31.2 Å². The third kappa shape index (κ3) is 3.14. The highest BCUT2D eigenvalue weighted by Crippen LogP contribution is 2.27. The minimum absolute atomic E-state index is 0.181. The van der Waals surface area contributed by atoms with Crippen LogP contribution in [-0.2, 0) is 4.74 Å². The molecule has 0 spiro atoms. The number of aliphatic imine (C=N–C) groups is 1.